The number of anilines is 1. The van der Waals surface area contributed by atoms with Crippen LogP contribution in [-0.4, -0.2) is 63.6 Å². The number of nitrogens with one attached hydrogen (secondary N) is 3. The van der Waals surface area contributed by atoms with Gasteiger partial charge in [0.05, 0.1) is 18.3 Å². The molecule has 1 atom stereocenters. The molecule has 3 aromatic rings. The van der Waals surface area contributed by atoms with Gasteiger partial charge in [0, 0.05) is 12.7 Å². The monoisotopic (exact) mass is 574 g/mol. The van der Waals surface area contributed by atoms with E-state index in [2.05, 4.69) is 30.3 Å². The van der Waals surface area contributed by atoms with E-state index in [4.69, 9.17) is 15.6 Å². The number of carbonyl (C=O) groups is 4. The van der Waals surface area contributed by atoms with Crippen LogP contribution in [0.2, 0.25) is 0 Å². The number of aromatic nitrogens is 3. The summed E-state index contributed by atoms with van der Waals surface area (Å²) < 4.78 is 9.89. The second kappa shape index (κ2) is 13.7. The lowest BCUT2D eigenvalue weighted by molar-refractivity contribution is -0.143. The molecule has 2 aliphatic rings. The Bertz CT molecular complexity index is 1390. The van der Waals surface area contributed by atoms with E-state index in [1.165, 1.54) is 32.6 Å². The highest BCUT2D eigenvalue weighted by molar-refractivity contribution is 6.08. The molecule has 0 saturated heterocycles. The average molecular weight is 575 g/mol. The number of aromatic amines is 1. The van der Waals surface area contributed by atoms with Gasteiger partial charge in [-0.3, -0.25) is 14.4 Å². The van der Waals surface area contributed by atoms with Crippen LogP contribution >= 0.6 is 12.4 Å². The molecule has 13 nitrogen and oxygen atoms in total. The molecule has 1 aromatic carbocycles. The number of esters is 1. The molecule has 5 rings (SSSR count). The van der Waals surface area contributed by atoms with E-state index < -0.39 is 17.9 Å². The zero-order chi connectivity index (χ0) is 27.9. The van der Waals surface area contributed by atoms with Gasteiger partial charge in [-0.05, 0) is 36.5 Å². The van der Waals surface area contributed by atoms with Gasteiger partial charge >= 0.3 is 11.9 Å². The molecule has 1 saturated carbocycles. The minimum atomic E-state index is -1.15. The Labute approximate surface area is 235 Å². The molecule has 1 fully saturated rings. The number of halogens is 1. The number of amides is 2. The molecular weight excluding hydrogens is 544 g/mol. The normalized spacial score (nSPS) is 15.2. The lowest BCUT2D eigenvalue weighted by atomic mass is 9.84. The summed E-state index contributed by atoms with van der Waals surface area (Å²) >= 11 is 0. The van der Waals surface area contributed by atoms with Crippen molar-refractivity contribution in [3.63, 3.8) is 0 Å². The minimum Gasteiger partial charge on any atom is -0.482 e. The van der Waals surface area contributed by atoms with Crippen LogP contribution in [0.5, 0.6) is 5.75 Å². The molecule has 214 valence electrons. The number of nitrogens with zero attached hydrogens (tertiary/aromatic N) is 2. The Hall–Kier alpha value is -4.23. The minimum absolute atomic E-state index is 0. The number of ether oxygens (including phenoxy) is 2. The Kier molecular flexibility index (Phi) is 10.4. The third-order valence-electron chi connectivity index (χ3n) is 6.67. The van der Waals surface area contributed by atoms with Gasteiger partial charge in [0.25, 0.3) is 11.8 Å². The summed E-state index contributed by atoms with van der Waals surface area (Å²) in [6, 6.07) is 4.79. The van der Waals surface area contributed by atoms with Crippen LogP contribution in [0.15, 0.2) is 30.7 Å². The van der Waals surface area contributed by atoms with E-state index in [9.17, 15) is 19.2 Å². The van der Waals surface area contributed by atoms with Gasteiger partial charge in [0.1, 0.15) is 29.2 Å². The highest BCUT2D eigenvalue weighted by Crippen LogP contribution is 2.28. The van der Waals surface area contributed by atoms with Crippen molar-refractivity contribution in [1.82, 2.24) is 20.3 Å². The van der Waals surface area contributed by atoms with Crippen LogP contribution in [-0.2, 0) is 20.9 Å². The third kappa shape index (κ3) is 7.04. The number of methoxy groups -OCH3 is 1. The largest absolute Gasteiger partial charge is 0.482 e. The van der Waals surface area contributed by atoms with E-state index in [-0.39, 0.29) is 59.7 Å². The zero-order valence-corrected chi connectivity index (χ0v) is 22.6. The first kappa shape index (κ1) is 30.3. The maximum atomic E-state index is 12.5. The topological polar surface area (TPSA) is 199 Å². The molecule has 3 heterocycles. The Morgan fingerprint density at radius 3 is 2.67 bits per heavy atom. The number of fused-ring (bicyclic) bond motifs is 2. The van der Waals surface area contributed by atoms with Gasteiger partial charge in [0.2, 0.25) is 0 Å². The molecule has 0 bridgehead atoms. The number of benzene rings is 1. The summed E-state index contributed by atoms with van der Waals surface area (Å²) in [5.41, 5.74) is 7.43. The van der Waals surface area contributed by atoms with Crippen molar-refractivity contribution in [3.05, 3.63) is 47.5 Å². The molecule has 40 heavy (non-hydrogen) atoms. The number of nitrogens with two attached hydrogens (primary N) is 1. The molecule has 6 N–H and O–H groups in total. The first-order valence-corrected chi connectivity index (χ1v) is 12.5. The van der Waals surface area contributed by atoms with Crippen LogP contribution in [0.25, 0.3) is 11.0 Å². The number of carboxylic acid groups (broad SMARTS) is 1. The van der Waals surface area contributed by atoms with E-state index >= 15 is 0 Å². The standard InChI is InChI=1S/C17H13N5O5.C9H17NO2.ClH/c23-12-6-27-11-2-1-8(3-10(11)22-12)4-19-16(24)15-14-13(20-7-21-15)9(5-18-14)17(25)26;1-12-9(11)8(10)7-5-3-2-4-6-7;/h1-3,5,7,18H,4,6H2,(H,19,24)(H,22,23)(H,25,26);7-8H,2-6,10H2,1H3;1H. The summed E-state index contributed by atoms with van der Waals surface area (Å²) in [4.78, 5) is 56.7. The predicted octanol–water partition coefficient (Wildman–Crippen LogP) is 2.41. The third-order valence-corrected chi connectivity index (χ3v) is 6.67. The van der Waals surface area contributed by atoms with Gasteiger partial charge in [-0.2, -0.15) is 0 Å². The Morgan fingerprint density at radius 1 is 1.23 bits per heavy atom. The van der Waals surface area contributed by atoms with Gasteiger partial charge in [-0.25, -0.2) is 14.8 Å². The van der Waals surface area contributed by atoms with E-state index in [1.54, 1.807) is 18.2 Å². The lowest BCUT2D eigenvalue weighted by Gasteiger charge is -2.25. The van der Waals surface area contributed by atoms with Crippen LogP contribution in [0.4, 0.5) is 5.69 Å². The average Bonchev–Trinajstić information content (AvgIpc) is 3.40. The van der Waals surface area contributed by atoms with Gasteiger partial charge < -0.3 is 35.9 Å². The summed E-state index contributed by atoms with van der Waals surface area (Å²) in [5, 5.41) is 14.6. The predicted molar refractivity (Wildman–Crippen MR) is 146 cm³/mol. The molecular formula is C26H31ClN6O7. The smallest absolute Gasteiger partial charge is 0.339 e. The first-order valence-electron chi connectivity index (χ1n) is 12.5. The number of aromatic carboxylic acids is 1. The fourth-order valence-corrected chi connectivity index (χ4v) is 4.60. The lowest BCUT2D eigenvalue weighted by Crippen LogP contribution is -2.39. The van der Waals surface area contributed by atoms with Crippen molar-refractivity contribution < 1.29 is 33.8 Å². The van der Waals surface area contributed by atoms with Crippen LogP contribution in [0.3, 0.4) is 0 Å². The van der Waals surface area contributed by atoms with Crippen LogP contribution in [0.1, 0.15) is 58.5 Å². The molecule has 1 unspecified atom stereocenters. The fraction of sp³-hybridized carbons (Fsp3) is 0.385. The second-order valence-corrected chi connectivity index (χ2v) is 9.25. The number of carboxylic acids is 1. The SMILES string of the molecule is COC(=O)C(N)C1CCCCC1.Cl.O=C1COc2ccc(CNC(=O)c3ncnc4c(C(=O)O)c[nH]c34)cc2N1. The van der Waals surface area contributed by atoms with Gasteiger partial charge in [-0.15, -0.1) is 12.4 Å². The highest BCUT2D eigenvalue weighted by Gasteiger charge is 2.26. The first-order chi connectivity index (χ1) is 18.8. The van der Waals surface area contributed by atoms with Crippen molar-refractivity contribution in [2.24, 2.45) is 11.7 Å². The second-order valence-electron chi connectivity index (χ2n) is 9.25. The summed E-state index contributed by atoms with van der Waals surface area (Å²) in [6.07, 6.45) is 8.26. The fourth-order valence-electron chi connectivity index (χ4n) is 4.60. The molecule has 0 spiro atoms. The van der Waals surface area contributed by atoms with E-state index in [0.717, 1.165) is 24.7 Å². The quantitative estimate of drug-likeness (QED) is 0.272. The Balaban J connectivity index is 0.000000287. The number of hydrogen-bond acceptors (Lipinski definition) is 9. The van der Waals surface area contributed by atoms with Crippen molar-refractivity contribution in [3.8, 4) is 5.75 Å². The maximum absolute atomic E-state index is 12.5. The Morgan fingerprint density at radius 2 is 1.98 bits per heavy atom. The van der Waals surface area contributed by atoms with E-state index in [0.29, 0.717) is 17.4 Å². The highest BCUT2D eigenvalue weighted by atomic mass is 35.5. The molecule has 2 amide bonds. The molecule has 0 radical (unpaired) electrons. The zero-order valence-electron chi connectivity index (χ0n) is 21.8. The number of H-pyrrole nitrogens is 1. The van der Waals surface area contributed by atoms with E-state index in [1.807, 2.05) is 0 Å². The number of rotatable bonds is 6. The molecule has 1 aliphatic heterocycles. The molecule has 2 aromatic heterocycles. The van der Waals surface area contributed by atoms with Crippen LogP contribution < -0.4 is 21.1 Å². The summed E-state index contributed by atoms with van der Waals surface area (Å²) in [7, 11) is 1.39. The maximum Gasteiger partial charge on any atom is 0.339 e. The summed E-state index contributed by atoms with van der Waals surface area (Å²) in [6.45, 7) is 0.154. The van der Waals surface area contributed by atoms with Crippen molar-refractivity contribution >= 4 is 52.9 Å². The molecule has 14 heteroatoms. The number of hydrogen-bond donors (Lipinski definition) is 5. The van der Waals surface area contributed by atoms with Crippen LogP contribution in [0, 0.1) is 5.92 Å². The van der Waals surface area contributed by atoms with Crippen molar-refractivity contribution in [2.75, 3.05) is 19.0 Å². The van der Waals surface area contributed by atoms with Crippen molar-refractivity contribution in [1.29, 1.82) is 0 Å². The molecule has 1 aliphatic carbocycles. The van der Waals surface area contributed by atoms with Crippen molar-refractivity contribution in [2.45, 2.75) is 44.7 Å². The summed E-state index contributed by atoms with van der Waals surface area (Å²) in [5.74, 6) is -1.22. The van der Waals surface area contributed by atoms with Gasteiger partial charge in [0.15, 0.2) is 12.3 Å². The number of carbonyl (C=O) groups excluding carboxylic acids is 3. The van der Waals surface area contributed by atoms with Gasteiger partial charge in [-0.1, -0.05) is 25.3 Å².